The van der Waals surface area contributed by atoms with Crippen LogP contribution in [0.4, 0.5) is 0 Å². The van der Waals surface area contributed by atoms with Gasteiger partial charge in [0.15, 0.2) is 0 Å². The lowest BCUT2D eigenvalue weighted by Gasteiger charge is -2.21. The molecule has 0 aliphatic heterocycles. The highest BCUT2D eigenvalue weighted by Gasteiger charge is 2.22. The SMILES string of the molecule is CNC(CC(=O)O)C(O)c1ccc2c(c1)nc(C)n2C. The highest BCUT2D eigenvalue weighted by molar-refractivity contribution is 5.77. The van der Waals surface area contributed by atoms with Gasteiger partial charge in [-0.2, -0.15) is 0 Å². The zero-order chi connectivity index (χ0) is 14.9. The monoisotopic (exact) mass is 277 g/mol. The number of imidazole rings is 1. The molecule has 2 atom stereocenters. The third-order valence-electron chi connectivity index (χ3n) is 3.62. The Labute approximate surface area is 117 Å². The second kappa shape index (κ2) is 5.60. The van der Waals surface area contributed by atoms with Crippen LogP contribution in [0.2, 0.25) is 0 Å². The van der Waals surface area contributed by atoms with Gasteiger partial charge in [-0.05, 0) is 31.7 Å². The van der Waals surface area contributed by atoms with Gasteiger partial charge in [0.2, 0.25) is 0 Å². The fraction of sp³-hybridized carbons (Fsp3) is 0.429. The molecule has 108 valence electrons. The molecule has 0 radical (unpaired) electrons. The van der Waals surface area contributed by atoms with Crippen LogP contribution in [0.1, 0.15) is 23.9 Å². The number of carbonyl (C=O) groups is 1. The predicted octanol–water partition coefficient (Wildman–Crippen LogP) is 0.978. The van der Waals surface area contributed by atoms with Crippen molar-refractivity contribution in [3.63, 3.8) is 0 Å². The number of nitrogens with one attached hydrogen (secondary N) is 1. The molecule has 20 heavy (non-hydrogen) atoms. The van der Waals surface area contributed by atoms with Gasteiger partial charge >= 0.3 is 5.97 Å². The summed E-state index contributed by atoms with van der Waals surface area (Å²) in [5.41, 5.74) is 2.45. The lowest BCUT2D eigenvalue weighted by Crippen LogP contribution is -2.34. The maximum atomic E-state index is 10.8. The van der Waals surface area contributed by atoms with Crippen molar-refractivity contribution in [1.29, 1.82) is 0 Å². The second-order valence-electron chi connectivity index (χ2n) is 4.90. The minimum Gasteiger partial charge on any atom is -0.481 e. The number of aliphatic hydroxyl groups is 1. The molecule has 0 saturated heterocycles. The van der Waals surface area contributed by atoms with Gasteiger partial charge in [-0.1, -0.05) is 6.07 Å². The Hall–Kier alpha value is -1.92. The van der Waals surface area contributed by atoms with Crippen LogP contribution in [0.25, 0.3) is 11.0 Å². The first kappa shape index (κ1) is 14.5. The zero-order valence-electron chi connectivity index (χ0n) is 11.8. The average Bonchev–Trinajstić information content (AvgIpc) is 2.70. The zero-order valence-corrected chi connectivity index (χ0v) is 11.8. The van der Waals surface area contributed by atoms with E-state index in [-0.39, 0.29) is 6.42 Å². The highest BCUT2D eigenvalue weighted by atomic mass is 16.4. The van der Waals surface area contributed by atoms with E-state index in [4.69, 9.17) is 5.11 Å². The number of nitrogens with zero attached hydrogens (tertiary/aromatic N) is 2. The number of aliphatic carboxylic acids is 1. The van der Waals surface area contributed by atoms with Crippen LogP contribution in [0.5, 0.6) is 0 Å². The number of carboxylic acid groups (broad SMARTS) is 1. The van der Waals surface area contributed by atoms with E-state index >= 15 is 0 Å². The average molecular weight is 277 g/mol. The summed E-state index contributed by atoms with van der Waals surface area (Å²) in [6.45, 7) is 1.91. The van der Waals surface area contributed by atoms with Crippen LogP contribution in [-0.4, -0.2) is 38.8 Å². The molecule has 3 N–H and O–H groups in total. The number of hydrogen-bond acceptors (Lipinski definition) is 4. The van der Waals surface area contributed by atoms with Gasteiger partial charge in [0.1, 0.15) is 5.82 Å². The fourth-order valence-corrected chi connectivity index (χ4v) is 2.31. The lowest BCUT2D eigenvalue weighted by molar-refractivity contribution is -0.138. The minimum atomic E-state index is -0.946. The number of aromatic nitrogens is 2. The van der Waals surface area contributed by atoms with Gasteiger partial charge in [0.05, 0.1) is 23.6 Å². The molecule has 2 unspecified atom stereocenters. The number of hydrogen-bond donors (Lipinski definition) is 3. The van der Waals surface area contributed by atoms with Crippen LogP contribution < -0.4 is 5.32 Å². The molecular formula is C14H19N3O3. The van der Waals surface area contributed by atoms with Gasteiger partial charge in [0, 0.05) is 13.1 Å². The lowest BCUT2D eigenvalue weighted by atomic mass is 9.99. The van der Waals surface area contributed by atoms with Gasteiger partial charge in [-0.15, -0.1) is 0 Å². The largest absolute Gasteiger partial charge is 0.481 e. The molecule has 0 fully saturated rings. The minimum absolute atomic E-state index is 0.142. The van der Waals surface area contributed by atoms with Gasteiger partial charge in [-0.3, -0.25) is 4.79 Å². The van der Waals surface area contributed by atoms with E-state index in [0.29, 0.717) is 5.56 Å². The molecule has 1 aromatic heterocycles. The summed E-state index contributed by atoms with van der Waals surface area (Å²) in [6, 6.07) is 4.97. The Kier molecular flexibility index (Phi) is 4.06. The van der Waals surface area contributed by atoms with E-state index in [1.807, 2.05) is 24.6 Å². The fourth-order valence-electron chi connectivity index (χ4n) is 2.31. The standard InChI is InChI=1S/C14H19N3O3/c1-8-16-10-6-9(4-5-12(10)17(8)3)14(20)11(15-2)7-13(18)19/h4-6,11,14-15,20H,7H2,1-3H3,(H,18,19). The van der Waals surface area contributed by atoms with E-state index < -0.39 is 18.1 Å². The Morgan fingerprint density at radius 2 is 2.20 bits per heavy atom. The van der Waals surface area contributed by atoms with Gasteiger partial charge in [0.25, 0.3) is 0 Å². The second-order valence-corrected chi connectivity index (χ2v) is 4.90. The summed E-state index contributed by atoms with van der Waals surface area (Å²) >= 11 is 0. The smallest absolute Gasteiger partial charge is 0.305 e. The topological polar surface area (TPSA) is 87.4 Å². The van der Waals surface area contributed by atoms with Crippen molar-refractivity contribution in [2.75, 3.05) is 7.05 Å². The van der Waals surface area contributed by atoms with Crippen LogP contribution in [-0.2, 0) is 11.8 Å². The molecule has 0 aliphatic rings. The van der Waals surface area contributed by atoms with Crippen LogP contribution >= 0.6 is 0 Å². The number of fused-ring (bicyclic) bond motifs is 1. The molecule has 2 aromatic rings. The number of benzene rings is 1. The Bertz CT molecular complexity index is 636. The molecule has 1 aromatic carbocycles. The molecule has 0 spiro atoms. The number of aliphatic hydroxyl groups excluding tert-OH is 1. The van der Waals surface area contributed by atoms with Crippen molar-refractivity contribution in [3.8, 4) is 0 Å². The normalized spacial score (nSPS) is 14.4. The first-order chi connectivity index (χ1) is 9.43. The summed E-state index contributed by atoms with van der Waals surface area (Å²) in [6.07, 6.45) is -1.03. The van der Waals surface area contributed by atoms with E-state index in [1.165, 1.54) is 0 Å². The maximum Gasteiger partial charge on any atom is 0.305 e. The van der Waals surface area contributed by atoms with Crippen molar-refractivity contribution in [1.82, 2.24) is 14.9 Å². The summed E-state index contributed by atoms with van der Waals surface area (Å²) in [5, 5.41) is 22.0. The van der Waals surface area contributed by atoms with Crippen LogP contribution in [0.3, 0.4) is 0 Å². The van der Waals surface area contributed by atoms with Crippen LogP contribution in [0.15, 0.2) is 18.2 Å². The number of carboxylic acids is 1. The van der Waals surface area contributed by atoms with E-state index in [2.05, 4.69) is 10.3 Å². The molecule has 1 heterocycles. The summed E-state index contributed by atoms with van der Waals surface area (Å²) in [4.78, 5) is 15.2. The van der Waals surface area contributed by atoms with Gasteiger partial charge in [-0.25, -0.2) is 4.98 Å². The van der Waals surface area contributed by atoms with Crippen molar-refractivity contribution < 1.29 is 15.0 Å². The van der Waals surface area contributed by atoms with E-state index in [1.54, 1.807) is 19.2 Å². The van der Waals surface area contributed by atoms with E-state index in [9.17, 15) is 9.90 Å². The third kappa shape index (κ3) is 2.66. The molecule has 2 rings (SSSR count). The maximum absolute atomic E-state index is 10.8. The Balaban J connectivity index is 2.34. The Morgan fingerprint density at radius 3 is 2.80 bits per heavy atom. The van der Waals surface area contributed by atoms with Crippen molar-refractivity contribution in [2.45, 2.75) is 25.5 Å². The van der Waals surface area contributed by atoms with Crippen molar-refractivity contribution in [2.24, 2.45) is 7.05 Å². The molecule has 0 saturated carbocycles. The van der Waals surface area contributed by atoms with E-state index in [0.717, 1.165) is 16.9 Å². The quantitative estimate of drug-likeness (QED) is 0.758. The Morgan fingerprint density at radius 1 is 1.50 bits per heavy atom. The van der Waals surface area contributed by atoms with Gasteiger partial charge < -0.3 is 20.1 Å². The first-order valence-electron chi connectivity index (χ1n) is 6.44. The third-order valence-corrected chi connectivity index (χ3v) is 3.62. The summed E-state index contributed by atoms with van der Waals surface area (Å²) in [7, 11) is 3.57. The summed E-state index contributed by atoms with van der Waals surface area (Å²) < 4.78 is 1.97. The van der Waals surface area contributed by atoms with Crippen LogP contribution in [0, 0.1) is 6.92 Å². The molecule has 0 amide bonds. The molecule has 6 heteroatoms. The number of aryl methyl sites for hydroxylation is 2. The molecule has 0 aliphatic carbocycles. The summed E-state index contributed by atoms with van der Waals surface area (Å²) in [5.74, 6) is -0.0551. The van der Waals surface area contributed by atoms with Crippen molar-refractivity contribution in [3.05, 3.63) is 29.6 Å². The molecular weight excluding hydrogens is 258 g/mol. The number of likely N-dealkylation sites (N-methyl/N-ethyl adjacent to an activating group) is 1. The first-order valence-corrected chi connectivity index (χ1v) is 6.44. The molecule has 0 bridgehead atoms. The molecule has 6 nitrogen and oxygen atoms in total. The number of rotatable bonds is 5. The van der Waals surface area contributed by atoms with Crippen molar-refractivity contribution >= 4 is 17.0 Å². The highest BCUT2D eigenvalue weighted by Crippen LogP contribution is 2.23. The predicted molar refractivity (Wildman–Crippen MR) is 75.5 cm³/mol.